The quantitative estimate of drug-likeness (QED) is 0.853. The van der Waals surface area contributed by atoms with E-state index < -0.39 is 0 Å². The maximum absolute atomic E-state index is 4.69. The van der Waals surface area contributed by atoms with Gasteiger partial charge in [-0.25, -0.2) is 4.98 Å². The Morgan fingerprint density at radius 1 is 1.28 bits per heavy atom. The van der Waals surface area contributed by atoms with Crippen molar-refractivity contribution in [3.05, 3.63) is 40.4 Å². The van der Waals surface area contributed by atoms with Crippen LogP contribution >= 0.6 is 11.3 Å². The number of para-hydroxylation sites is 1. The van der Waals surface area contributed by atoms with Gasteiger partial charge in [-0.3, -0.25) is 0 Å². The fourth-order valence-electron chi connectivity index (χ4n) is 2.23. The normalized spacial score (nSPS) is 15.3. The van der Waals surface area contributed by atoms with Crippen LogP contribution < -0.4 is 10.2 Å². The van der Waals surface area contributed by atoms with E-state index in [1.54, 1.807) is 11.3 Å². The van der Waals surface area contributed by atoms with Crippen molar-refractivity contribution < 1.29 is 0 Å². The van der Waals surface area contributed by atoms with Crippen LogP contribution in [0.3, 0.4) is 0 Å². The molecule has 1 aliphatic heterocycles. The molecule has 0 saturated carbocycles. The summed E-state index contributed by atoms with van der Waals surface area (Å²) in [6.07, 6.45) is 0. The lowest BCUT2D eigenvalue weighted by molar-refractivity contribution is 0.712. The molecular weight excluding hydrogens is 242 g/mol. The Bertz CT molecular complexity index is 542. The van der Waals surface area contributed by atoms with Crippen molar-refractivity contribution in [2.75, 3.05) is 18.0 Å². The van der Waals surface area contributed by atoms with Crippen molar-refractivity contribution in [1.82, 2.24) is 10.3 Å². The number of hydrogen-bond donors (Lipinski definition) is 1. The van der Waals surface area contributed by atoms with Gasteiger partial charge in [0.25, 0.3) is 0 Å². The van der Waals surface area contributed by atoms with E-state index in [-0.39, 0.29) is 0 Å². The summed E-state index contributed by atoms with van der Waals surface area (Å²) < 4.78 is 0. The molecule has 0 atom stereocenters. The molecule has 1 aromatic carbocycles. The average molecular weight is 259 g/mol. The third-order valence-corrected chi connectivity index (χ3v) is 4.45. The summed E-state index contributed by atoms with van der Waals surface area (Å²) in [7, 11) is 0. The number of rotatable bonds is 1. The lowest BCUT2D eigenvalue weighted by atomic mass is 10.1. The first-order valence-corrected chi connectivity index (χ1v) is 7.07. The van der Waals surface area contributed by atoms with Crippen LogP contribution in [0.4, 0.5) is 10.8 Å². The van der Waals surface area contributed by atoms with Crippen LogP contribution in [0.25, 0.3) is 0 Å². The molecule has 0 amide bonds. The maximum atomic E-state index is 4.69. The van der Waals surface area contributed by atoms with Crippen LogP contribution in [0.5, 0.6) is 0 Å². The van der Waals surface area contributed by atoms with E-state index in [9.17, 15) is 0 Å². The van der Waals surface area contributed by atoms with E-state index in [1.165, 1.54) is 16.1 Å². The maximum Gasteiger partial charge on any atom is 0.190 e. The first-order chi connectivity index (χ1) is 8.75. The van der Waals surface area contributed by atoms with E-state index in [0.29, 0.717) is 0 Å². The molecule has 3 rings (SSSR count). The van der Waals surface area contributed by atoms with Gasteiger partial charge >= 0.3 is 0 Å². The van der Waals surface area contributed by atoms with E-state index >= 15 is 0 Å². The largest absolute Gasteiger partial charge is 0.316 e. The van der Waals surface area contributed by atoms with Gasteiger partial charge in [0.05, 0.1) is 5.69 Å². The second-order valence-electron chi connectivity index (χ2n) is 4.60. The van der Waals surface area contributed by atoms with Gasteiger partial charge in [-0.15, -0.1) is 11.3 Å². The summed E-state index contributed by atoms with van der Waals surface area (Å²) in [5, 5.41) is 4.57. The minimum Gasteiger partial charge on any atom is -0.316 e. The van der Waals surface area contributed by atoms with Crippen LogP contribution in [-0.4, -0.2) is 18.1 Å². The molecule has 0 unspecified atom stereocenters. The molecule has 1 aliphatic rings. The summed E-state index contributed by atoms with van der Waals surface area (Å²) in [6, 6.07) is 8.58. The first kappa shape index (κ1) is 11.7. The molecule has 0 radical (unpaired) electrons. The smallest absolute Gasteiger partial charge is 0.190 e. The molecule has 1 aromatic heterocycles. The van der Waals surface area contributed by atoms with Gasteiger partial charge in [-0.05, 0) is 25.5 Å². The minimum atomic E-state index is 0.940. The van der Waals surface area contributed by atoms with Gasteiger partial charge in [0.1, 0.15) is 0 Å². The van der Waals surface area contributed by atoms with Crippen molar-refractivity contribution in [2.45, 2.75) is 20.4 Å². The zero-order valence-corrected chi connectivity index (χ0v) is 11.5. The zero-order valence-electron chi connectivity index (χ0n) is 10.7. The summed E-state index contributed by atoms with van der Waals surface area (Å²) in [5.74, 6) is 0. The summed E-state index contributed by atoms with van der Waals surface area (Å²) >= 11 is 1.78. The number of fused-ring (bicyclic) bond motifs is 1. The molecular formula is C14H17N3S. The Labute approximate surface area is 111 Å². The van der Waals surface area contributed by atoms with Crippen LogP contribution in [-0.2, 0) is 6.54 Å². The number of thiazole rings is 1. The Kier molecular flexibility index (Phi) is 3.06. The lowest BCUT2D eigenvalue weighted by Gasteiger charge is -2.21. The molecule has 0 spiro atoms. The van der Waals surface area contributed by atoms with Crippen molar-refractivity contribution in [3.8, 4) is 0 Å². The number of nitrogens with one attached hydrogen (secondary N) is 1. The van der Waals surface area contributed by atoms with Gasteiger partial charge in [-0.1, -0.05) is 18.2 Å². The molecule has 0 fully saturated rings. The minimum absolute atomic E-state index is 0.940. The molecule has 2 aromatic rings. The third kappa shape index (κ3) is 2.02. The number of aromatic nitrogens is 1. The highest BCUT2D eigenvalue weighted by atomic mass is 32.1. The predicted octanol–water partition coefficient (Wildman–Crippen LogP) is 3.00. The predicted molar refractivity (Wildman–Crippen MR) is 76.7 cm³/mol. The van der Waals surface area contributed by atoms with Crippen LogP contribution in [0.1, 0.15) is 16.1 Å². The summed E-state index contributed by atoms with van der Waals surface area (Å²) in [4.78, 5) is 8.33. The second kappa shape index (κ2) is 4.71. The van der Waals surface area contributed by atoms with Gasteiger partial charge in [0, 0.05) is 30.2 Å². The highest BCUT2D eigenvalue weighted by molar-refractivity contribution is 7.15. The monoisotopic (exact) mass is 259 g/mol. The molecule has 1 N–H and O–H groups in total. The van der Waals surface area contributed by atoms with E-state index in [4.69, 9.17) is 4.98 Å². The van der Waals surface area contributed by atoms with E-state index in [2.05, 4.69) is 48.3 Å². The third-order valence-electron chi connectivity index (χ3n) is 3.36. The average Bonchev–Trinajstić information content (AvgIpc) is 2.62. The van der Waals surface area contributed by atoms with Crippen molar-refractivity contribution in [3.63, 3.8) is 0 Å². The highest BCUT2D eigenvalue weighted by Crippen LogP contribution is 2.33. The molecule has 0 saturated heterocycles. The number of benzene rings is 1. The molecule has 4 heteroatoms. The van der Waals surface area contributed by atoms with Gasteiger partial charge in [-0.2, -0.15) is 0 Å². The fourth-order valence-corrected chi connectivity index (χ4v) is 3.18. The van der Waals surface area contributed by atoms with Gasteiger partial charge in [0.2, 0.25) is 0 Å². The Morgan fingerprint density at radius 2 is 2.11 bits per heavy atom. The fraction of sp³-hybridized carbons (Fsp3) is 0.357. The Morgan fingerprint density at radius 3 is 2.89 bits per heavy atom. The molecule has 2 heterocycles. The molecule has 0 aliphatic carbocycles. The van der Waals surface area contributed by atoms with Crippen LogP contribution in [0.15, 0.2) is 24.3 Å². The number of anilines is 2. The molecule has 3 nitrogen and oxygen atoms in total. The second-order valence-corrected chi connectivity index (χ2v) is 5.78. The van der Waals surface area contributed by atoms with Crippen LogP contribution in [0, 0.1) is 13.8 Å². The standard InChI is InChI=1S/C14H17N3S/c1-10-11(2)18-14(16-10)17-8-7-15-9-12-5-3-4-6-13(12)17/h3-6,15H,7-9H2,1-2H3. The lowest BCUT2D eigenvalue weighted by Crippen LogP contribution is -2.24. The van der Waals surface area contributed by atoms with E-state index in [0.717, 1.165) is 30.5 Å². The van der Waals surface area contributed by atoms with Crippen molar-refractivity contribution >= 4 is 22.2 Å². The Balaban J connectivity index is 2.06. The Hall–Kier alpha value is -1.39. The van der Waals surface area contributed by atoms with Crippen LogP contribution in [0.2, 0.25) is 0 Å². The summed E-state index contributed by atoms with van der Waals surface area (Å²) in [5.41, 5.74) is 3.78. The van der Waals surface area contributed by atoms with Crippen molar-refractivity contribution in [2.24, 2.45) is 0 Å². The SMILES string of the molecule is Cc1nc(N2CCNCc3ccccc32)sc1C. The molecule has 94 valence electrons. The van der Waals surface area contributed by atoms with Crippen molar-refractivity contribution in [1.29, 1.82) is 0 Å². The van der Waals surface area contributed by atoms with Gasteiger partial charge in [0.15, 0.2) is 5.13 Å². The molecule has 18 heavy (non-hydrogen) atoms. The van der Waals surface area contributed by atoms with E-state index in [1.807, 2.05) is 0 Å². The number of nitrogens with zero attached hydrogens (tertiary/aromatic N) is 2. The molecule has 0 bridgehead atoms. The number of hydrogen-bond acceptors (Lipinski definition) is 4. The topological polar surface area (TPSA) is 28.2 Å². The van der Waals surface area contributed by atoms with Gasteiger partial charge < -0.3 is 10.2 Å². The first-order valence-electron chi connectivity index (χ1n) is 6.26. The number of aryl methyl sites for hydroxylation is 2. The highest BCUT2D eigenvalue weighted by Gasteiger charge is 2.19. The zero-order chi connectivity index (χ0) is 12.5. The summed E-state index contributed by atoms with van der Waals surface area (Å²) in [6.45, 7) is 7.13.